The van der Waals surface area contributed by atoms with Crippen LogP contribution in [-0.2, 0) is 0 Å². The van der Waals surface area contributed by atoms with Gasteiger partial charge in [0, 0.05) is 29.7 Å². The van der Waals surface area contributed by atoms with Gasteiger partial charge in [0.25, 0.3) is 0 Å². The van der Waals surface area contributed by atoms with Crippen molar-refractivity contribution >= 4 is 23.1 Å². The largest absolute Gasteiger partial charge is 0.340 e. The smallest absolute Gasteiger partial charge is 0.163 e. The SMILES string of the molecule is Cc1ccc(Nc2cc(Cl)nc(-c3ccncc3)n2)c(C)c1. The molecular formula is C17H15ClN4. The van der Waals surface area contributed by atoms with E-state index in [0.29, 0.717) is 16.8 Å². The number of aryl methyl sites for hydroxylation is 2. The van der Waals surface area contributed by atoms with Gasteiger partial charge in [0.1, 0.15) is 11.0 Å². The fourth-order valence-corrected chi connectivity index (χ4v) is 2.39. The monoisotopic (exact) mass is 310 g/mol. The topological polar surface area (TPSA) is 50.7 Å². The van der Waals surface area contributed by atoms with Crippen LogP contribution in [0.25, 0.3) is 11.4 Å². The fraction of sp³-hybridized carbons (Fsp3) is 0.118. The molecule has 1 aromatic carbocycles. The lowest BCUT2D eigenvalue weighted by Gasteiger charge is -2.11. The third kappa shape index (κ3) is 3.23. The predicted octanol–water partition coefficient (Wildman–Crippen LogP) is 4.55. The normalized spacial score (nSPS) is 10.5. The Kier molecular flexibility index (Phi) is 4.02. The minimum atomic E-state index is 0.397. The summed E-state index contributed by atoms with van der Waals surface area (Å²) in [6.45, 7) is 4.13. The van der Waals surface area contributed by atoms with Crippen LogP contribution in [0.2, 0.25) is 5.15 Å². The van der Waals surface area contributed by atoms with Gasteiger partial charge in [-0.25, -0.2) is 9.97 Å². The number of benzene rings is 1. The number of hydrogen-bond acceptors (Lipinski definition) is 4. The van der Waals surface area contributed by atoms with Gasteiger partial charge < -0.3 is 5.32 Å². The van der Waals surface area contributed by atoms with Crippen molar-refractivity contribution in [1.82, 2.24) is 15.0 Å². The van der Waals surface area contributed by atoms with Crippen LogP contribution in [0, 0.1) is 13.8 Å². The van der Waals surface area contributed by atoms with Gasteiger partial charge in [0.2, 0.25) is 0 Å². The van der Waals surface area contributed by atoms with E-state index in [1.54, 1.807) is 18.5 Å². The third-order valence-corrected chi connectivity index (χ3v) is 3.47. The first-order valence-corrected chi connectivity index (χ1v) is 7.29. The Labute approximate surface area is 134 Å². The zero-order valence-corrected chi connectivity index (χ0v) is 13.1. The maximum absolute atomic E-state index is 6.12. The van der Waals surface area contributed by atoms with Gasteiger partial charge in [0.05, 0.1) is 0 Å². The number of halogens is 1. The lowest BCUT2D eigenvalue weighted by Crippen LogP contribution is -1.99. The maximum Gasteiger partial charge on any atom is 0.163 e. The Morgan fingerprint density at radius 3 is 2.45 bits per heavy atom. The molecule has 0 saturated carbocycles. The van der Waals surface area contributed by atoms with E-state index in [0.717, 1.165) is 16.8 Å². The first kappa shape index (κ1) is 14.5. The quantitative estimate of drug-likeness (QED) is 0.721. The number of pyridine rings is 1. The summed E-state index contributed by atoms with van der Waals surface area (Å²) in [5, 5.41) is 3.70. The molecule has 5 heteroatoms. The van der Waals surface area contributed by atoms with Crippen LogP contribution in [-0.4, -0.2) is 15.0 Å². The maximum atomic E-state index is 6.12. The average Bonchev–Trinajstić information content (AvgIpc) is 2.50. The highest BCUT2D eigenvalue weighted by Gasteiger charge is 2.07. The number of nitrogens with zero attached hydrogens (tertiary/aromatic N) is 3. The van der Waals surface area contributed by atoms with Gasteiger partial charge in [-0.05, 0) is 37.6 Å². The molecule has 0 bridgehead atoms. The lowest BCUT2D eigenvalue weighted by molar-refractivity contribution is 1.17. The molecule has 0 unspecified atom stereocenters. The molecule has 110 valence electrons. The second-order valence-electron chi connectivity index (χ2n) is 5.08. The van der Waals surface area contributed by atoms with E-state index in [-0.39, 0.29) is 0 Å². The molecule has 3 rings (SSSR count). The number of nitrogens with one attached hydrogen (secondary N) is 1. The van der Waals surface area contributed by atoms with Crippen molar-refractivity contribution in [1.29, 1.82) is 0 Å². The Balaban J connectivity index is 1.96. The number of anilines is 2. The van der Waals surface area contributed by atoms with Crippen LogP contribution in [0.15, 0.2) is 48.8 Å². The van der Waals surface area contributed by atoms with Crippen molar-refractivity contribution in [2.75, 3.05) is 5.32 Å². The van der Waals surface area contributed by atoms with Crippen LogP contribution < -0.4 is 5.32 Å². The van der Waals surface area contributed by atoms with Crippen molar-refractivity contribution in [3.8, 4) is 11.4 Å². The molecule has 3 aromatic rings. The Hall–Kier alpha value is -2.46. The minimum absolute atomic E-state index is 0.397. The van der Waals surface area contributed by atoms with Crippen LogP contribution in [0.3, 0.4) is 0 Å². The standard InChI is InChI=1S/C17H15ClN4/c1-11-3-4-14(12(2)9-11)20-16-10-15(18)21-17(22-16)13-5-7-19-8-6-13/h3-10H,1-2H3,(H,20,21,22). The molecule has 0 atom stereocenters. The summed E-state index contributed by atoms with van der Waals surface area (Å²) in [5.74, 6) is 1.24. The number of hydrogen-bond donors (Lipinski definition) is 1. The van der Waals surface area contributed by atoms with E-state index in [1.807, 2.05) is 18.2 Å². The highest BCUT2D eigenvalue weighted by Crippen LogP contribution is 2.24. The molecule has 0 amide bonds. The van der Waals surface area contributed by atoms with E-state index < -0.39 is 0 Å². The highest BCUT2D eigenvalue weighted by molar-refractivity contribution is 6.29. The van der Waals surface area contributed by atoms with E-state index >= 15 is 0 Å². The Morgan fingerprint density at radius 2 is 1.73 bits per heavy atom. The van der Waals surface area contributed by atoms with Crippen LogP contribution in [0.4, 0.5) is 11.5 Å². The molecule has 1 N–H and O–H groups in total. The van der Waals surface area contributed by atoms with Crippen LogP contribution >= 0.6 is 11.6 Å². The molecule has 4 nitrogen and oxygen atoms in total. The number of aromatic nitrogens is 3. The molecule has 22 heavy (non-hydrogen) atoms. The average molecular weight is 311 g/mol. The van der Waals surface area contributed by atoms with Crippen LogP contribution in [0.1, 0.15) is 11.1 Å². The molecule has 0 fully saturated rings. The van der Waals surface area contributed by atoms with E-state index in [2.05, 4.69) is 46.2 Å². The molecule has 0 aliphatic heterocycles. The van der Waals surface area contributed by atoms with Crippen molar-refractivity contribution in [3.63, 3.8) is 0 Å². The molecule has 0 aliphatic carbocycles. The predicted molar refractivity (Wildman–Crippen MR) is 89.5 cm³/mol. The molecule has 0 saturated heterocycles. The first-order chi connectivity index (χ1) is 10.6. The van der Waals surface area contributed by atoms with Gasteiger partial charge in [0.15, 0.2) is 5.82 Å². The summed E-state index contributed by atoms with van der Waals surface area (Å²) in [6, 6.07) is 11.6. The fourth-order valence-electron chi connectivity index (χ4n) is 2.20. The van der Waals surface area contributed by atoms with Gasteiger partial charge in [-0.3, -0.25) is 4.98 Å². The van der Waals surface area contributed by atoms with Crippen molar-refractivity contribution in [3.05, 3.63) is 65.1 Å². The van der Waals surface area contributed by atoms with Gasteiger partial charge in [-0.2, -0.15) is 0 Å². The van der Waals surface area contributed by atoms with Gasteiger partial charge >= 0.3 is 0 Å². The molecule has 2 aromatic heterocycles. The third-order valence-electron chi connectivity index (χ3n) is 3.28. The summed E-state index contributed by atoms with van der Waals surface area (Å²) in [4.78, 5) is 12.8. The van der Waals surface area contributed by atoms with E-state index in [1.165, 1.54) is 5.56 Å². The van der Waals surface area contributed by atoms with Crippen molar-refractivity contribution < 1.29 is 0 Å². The minimum Gasteiger partial charge on any atom is -0.340 e. The molecule has 0 spiro atoms. The second-order valence-corrected chi connectivity index (χ2v) is 5.47. The van der Waals surface area contributed by atoms with Gasteiger partial charge in [-0.15, -0.1) is 0 Å². The zero-order valence-electron chi connectivity index (χ0n) is 12.3. The highest BCUT2D eigenvalue weighted by atomic mass is 35.5. The molecule has 0 aliphatic rings. The van der Waals surface area contributed by atoms with E-state index in [9.17, 15) is 0 Å². The van der Waals surface area contributed by atoms with Crippen molar-refractivity contribution in [2.24, 2.45) is 0 Å². The van der Waals surface area contributed by atoms with E-state index in [4.69, 9.17) is 11.6 Å². The number of rotatable bonds is 3. The van der Waals surface area contributed by atoms with Crippen LogP contribution in [0.5, 0.6) is 0 Å². The second kappa shape index (κ2) is 6.12. The lowest BCUT2D eigenvalue weighted by atomic mass is 10.1. The molecule has 0 radical (unpaired) electrons. The van der Waals surface area contributed by atoms with Crippen molar-refractivity contribution in [2.45, 2.75) is 13.8 Å². The first-order valence-electron chi connectivity index (χ1n) is 6.91. The Morgan fingerprint density at radius 1 is 0.955 bits per heavy atom. The summed E-state index contributed by atoms with van der Waals surface area (Å²) in [5.41, 5.74) is 4.25. The molecule has 2 heterocycles. The summed E-state index contributed by atoms with van der Waals surface area (Å²) in [7, 11) is 0. The summed E-state index contributed by atoms with van der Waals surface area (Å²) < 4.78 is 0. The van der Waals surface area contributed by atoms with Gasteiger partial charge in [-0.1, -0.05) is 29.3 Å². The molecular weight excluding hydrogens is 296 g/mol. The summed E-state index contributed by atoms with van der Waals surface area (Å²) >= 11 is 6.12. The summed E-state index contributed by atoms with van der Waals surface area (Å²) in [6.07, 6.45) is 3.41. The zero-order chi connectivity index (χ0) is 15.5. The Bertz CT molecular complexity index is 803.